The van der Waals surface area contributed by atoms with Crippen LogP contribution in [0.25, 0.3) is 0 Å². The van der Waals surface area contributed by atoms with E-state index in [4.69, 9.17) is 21.4 Å². The van der Waals surface area contributed by atoms with Crippen molar-refractivity contribution < 1.29 is 14.6 Å². The largest absolute Gasteiger partial charge is 0.491 e. The lowest BCUT2D eigenvalue weighted by molar-refractivity contribution is 0.0698. The van der Waals surface area contributed by atoms with Crippen LogP contribution in [0.2, 0.25) is 5.02 Å². The maximum absolute atomic E-state index is 11.2. The molecule has 4 nitrogen and oxygen atoms in total. The van der Waals surface area contributed by atoms with E-state index in [-0.39, 0.29) is 5.56 Å². The topological polar surface area (TPSA) is 58.6 Å². The Morgan fingerprint density at radius 3 is 2.45 bits per heavy atom. The van der Waals surface area contributed by atoms with Crippen molar-refractivity contribution in [1.29, 1.82) is 0 Å². The molecule has 0 spiro atoms. The van der Waals surface area contributed by atoms with Crippen LogP contribution in [0, 0.1) is 13.8 Å². The second-order valence-electron chi connectivity index (χ2n) is 4.96. The molecule has 2 rings (SSSR count). The van der Waals surface area contributed by atoms with Gasteiger partial charge in [-0.05, 0) is 37.1 Å². The fourth-order valence-electron chi connectivity index (χ4n) is 2.24. The van der Waals surface area contributed by atoms with Crippen molar-refractivity contribution in [3.63, 3.8) is 0 Å². The summed E-state index contributed by atoms with van der Waals surface area (Å²) in [5.74, 6) is -0.150. The number of aryl methyl sites for hydroxylation is 2. The van der Waals surface area contributed by atoms with Crippen molar-refractivity contribution in [3.05, 3.63) is 58.1 Å². The standard InChI is InChI=1S/C17H18ClNO3/c1-11-5-3-6-12(2)16(11)22-10-9-19-15-13(17(20)21)7-4-8-14(15)18/h3-8,19H,9-10H2,1-2H3,(H,20,21). The lowest BCUT2D eigenvalue weighted by Gasteiger charge is -2.14. The first-order valence-corrected chi connectivity index (χ1v) is 7.33. The Hall–Kier alpha value is -2.20. The number of carboxylic acid groups (broad SMARTS) is 1. The van der Waals surface area contributed by atoms with Crippen molar-refractivity contribution in [2.75, 3.05) is 18.5 Å². The summed E-state index contributed by atoms with van der Waals surface area (Å²) < 4.78 is 5.78. The van der Waals surface area contributed by atoms with Crippen LogP contribution in [0.1, 0.15) is 21.5 Å². The Morgan fingerprint density at radius 1 is 1.18 bits per heavy atom. The van der Waals surface area contributed by atoms with Crippen LogP contribution < -0.4 is 10.1 Å². The molecule has 116 valence electrons. The molecule has 0 unspecified atom stereocenters. The van der Waals surface area contributed by atoms with Gasteiger partial charge in [-0.25, -0.2) is 4.79 Å². The van der Waals surface area contributed by atoms with E-state index in [0.717, 1.165) is 16.9 Å². The van der Waals surface area contributed by atoms with Gasteiger partial charge in [0.2, 0.25) is 0 Å². The summed E-state index contributed by atoms with van der Waals surface area (Å²) in [6.07, 6.45) is 0. The molecule has 0 aliphatic heterocycles. The molecule has 2 aromatic rings. The van der Waals surface area contributed by atoms with Crippen molar-refractivity contribution in [3.8, 4) is 5.75 Å². The van der Waals surface area contributed by atoms with E-state index in [1.54, 1.807) is 12.1 Å². The van der Waals surface area contributed by atoms with E-state index in [1.807, 2.05) is 32.0 Å². The van der Waals surface area contributed by atoms with Crippen LogP contribution in [0.4, 0.5) is 5.69 Å². The molecule has 0 aromatic heterocycles. The van der Waals surface area contributed by atoms with Crippen molar-refractivity contribution in [2.24, 2.45) is 0 Å². The zero-order chi connectivity index (χ0) is 16.1. The Bertz CT molecular complexity index is 665. The highest BCUT2D eigenvalue weighted by atomic mass is 35.5. The zero-order valence-corrected chi connectivity index (χ0v) is 13.3. The molecule has 0 radical (unpaired) electrons. The maximum Gasteiger partial charge on any atom is 0.337 e. The third-order valence-electron chi connectivity index (χ3n) is 3.30. The molecule has 0 atom stereocenters. The number of hydrogen-bond donors (Lipinski definition) is 2. The second kappa shape index (κ2) is 7.18. The number of halogens is 1. The van der Waals surface area contributed by atoms with Crippen LogP contribution in [-0.4, -0.2) is 24.2 Å². The normalized spacial score (nSPS) is 10.3. The molecule has 2 N–H and O–H groups in total. The molecule has 0 saturated heterocycles. The molecule has 5 heteroatoms. The Morgan fingerprint density at radius 2 is 1.82 bits per heavy atom. The lowest BCUT2D eigenvalue weighted by Crippen LogP contribution is -2.15. The van der Waals surface area contributed by atoms with Gasteiger partial charge < -0.3 is 15.2 Å². The number of rotatable bonds is 6. The minimum atomic E-state index is -1.01. The summed E-state index contributed by atoms with van der Waals surface area (Å²) in [7, 11) is 0. The van der Waals surface area contributed by atoms with Gasteiger partial charge in [0.05, 0.1) is 16.3 Å². The Kier molecular flexibility index (Phi) is 5.28. The first kappa shape index (κ1) is 16.2. The van der Waals surface area contributed by atoms with Gasteiger partial charge in [0, 0.05) is 6.54 Å². The molecule has 0 heterocycles. The molecule has 2 aromatic carbocycles. The summed E-state index contributed by atoms with van der Waals surface area (Å²) in [5.41, 5.74) is 2.72. The summed E-state index contributed by atoms with van der Waals surface area (Å²) in [5, 5.41) is 12.6. The SMILES string of the molecule is Cc1cccc(C)c1OCCNc1c(Cl)cccc1C(=O)O. The van der Waals surface area contributed by atoms with E-state index in [1.165, 1.54) is 6.07 Å². The first-order valence-electron chi connectivity index (χ1n) is 6.95. The van der Waals surface area contributed by atoms with Crippen molar-refractivity contribution in [2.45, 2.75) is 13.8 Å². The fraction of sp³-hybridized carbons (Fsp3) is 0.235. The highest BCUT2D eigenvalue weighted by Gasteiger charge is 2.12. The number of nitrogens with one attached hydrogen (secondary N) is 1. The Balaban J connectivity index is 1.99. The molecular formula is C17H18ClNO3. The van der Waals surface area contributed by atoms with Gasteiger partial charge >= 0.3 is 5.97 Å². The number of ether oxygens (including phenoxy) is 1. The second-order valence-corrected chi connectivity index (χ2v) is 5.37. The molecule has 0 saturated carbocycles. The van der Waals surface area contributed by atoms with Gasteiger partial charge in [-0.1, -0.05) is 35.9 Å². The smallest absolute Gasteiger partial charge is 0.337 e. The third kappa shape index (κ3) is 3.71. The molecule has 0 fully saturated rings. The average molecular weight is 320 g/mol. The van der Waals surface area contributed by atoms with E-state index in [0.29, 0.717) is 23.9 Å². The molecule has 0 aliphatic carbocycles. The van der Waals surface area contributed by atoms with Crippen LogP contribution in [0.3, 0.4) is 0 Å². The van der Waals surface area contributed by atoms with Crippen molar-refractivity contribution in [1.82, 2.24) is 0 Å². The summed E-state index contributed by atoms with van der Waals surface area (Å²) in [6, 6.07) is 10.8. The van der Waals surface area contributed by atoms with Crippen molar-refractivity contribution >= 4 is 23.3 Å². The average Bonchev–Trinajstić information content (AvgIpc) is 2.47. The first-order chi connectivity index (χ1) is 10.5. The molecule has 0 amide bonds. The summed E-state index contributed by atoms with van der Waals surface area (Å²) in [6.45, 7) is 4.85. The summed E-state index contributed by atoms with van der Waals surface area (Å²) in [4.78, 5) is 11.2. The number of aromatic carboxylic acids is 1. The van der Waals surface area contributed by atoms with Crippen LogP contribution in [0.5, 0.6) is 5.75 Å². The van der Waals surface area contributed by atoms with Crippen LogP contribution >= 0.6 is 11.6 Å². The molecule has 22 heavy (non-hydrogen) atoms. The van der Waals surface area contributed by atoms with Gasteiger partial charge in [0.1, 0.15) is 12.4 Å². The van der Waals surface area contributed by atoms with Crippen LogP contribution in [-0.2, 0) is 0 Å². The highest BCUT2D eigenvalue weighted by molar-refractivity contribution is 6.34. The predicted octanol–water partition coefficient (Wildman–Crippen LogP) is 4.15. The minimum Gasteiger partial charge on any atom is -0.491 e. The third-order valence-corrected chi connectivity index (χ3v) is 3.62. The molecule has 0 aliphatic rings. The minimum absolute atomic E-state index is 0.152. The van der Waals surface area contributed by atoms with Gasteiger partial charge in [-0.2, -0.15) is 0 Å². The summed E-state index contributed by atoms with van der Waals surface area (Å²) >= 11 is 6.05. The van der Waals surface area contributed by atoms with E-state index in [9.17, 15) is 4.79 Å². The molecule has 0 bridgehead atoms. The predicted molar refractivity (Wildman–Crippen MR) is 88.3 cm³/mol. The number of carboxylic acids is 1. The quantitative estimate of drug-likeness (QED) is 0.785. The highest BCUT2D eigenvalue weighted by Crippen LogP contribution is 2.26. The van der Waals surface area contributed by atoms with Gasteiger partial charge in [-0.15, -0.1) is 0 Å². The Labute approximate surface area is 134 Å². The van der Waals surface area contributed by atoms with Gasteiger partial charge in [-0.3, -0.25) is 0 Å². The fourth-order valence-corrected chi connectivity index (χ4v) is 2.48. The lowest BCUT2D eigenvalue weighted by atomic mass is 10.1. The number of hydrogen-bond acceptors (Lipinski definition) is 3. The van der Waals surface area contributed by atoms with Gasteiger partial charge in [0.25, 0.3) is 0 Å². The monoisotopic (exact) mass is 319 g/mol. The number of para-hydroxylation sites is 2. The number of benzene rings is 2. The van der Waals surface area contributed by atoms with E-state index in [2.05, 4.69) is 5.32 Å². The van der Waals surface area contributed by atoms with E-state index < -0.39 is 5.97 Å². The van der Waals surface area contributed by atoms with Crippen LogP contribution in [0.15, 0.2) is 36.4 Å². The molecular weight excluding hydrogens is 302 g/mol. The van der Waals surface area contributed by atoms with E-state index >= 15 is 0 Å². The zero-order valence-electron chi connectivity index (χ0n) is 12.5. The maximum atomic E-state index is 11.2. The number of anilines is 1. The number of carbonyl (C=O) groups is 1. The van der Waals surface area contributed by atoms with Gasteiger partial charge in [0.15, 0.2) is 0 Å².